The first-order chi connectivity index (χ1) is 9.47. The number of benzene rings is 2. The van der Waals surface area contributed by atoms with Gasteiger partial charge in [-0.2, -0.15) is 0 Å². The molecule has 4 heteroatoms. The van der Waals surface area contributed by atoms with E-state index in [2.05, 4.69) is 5.32 Å². The van der Waals surface area contributed by atoms with Crippen molar-refractivity contribution in [2.24, 2.45) is 0 Å². The summed E-state index contributed by atoms with van der Waals surface area (Å²) in [5.74, 6) is -0.165. The van der Waals surface area contributed by atoms with Gasteiger partial charge in [-0.25, -0.2) is 0 Å². The molecule has 2 rings (SSSR count). The highest BCUT2D eigenvalue weighted by Gasteiger charge is 2.12. The molecule has 2 aromatic rings. The molecule has 0 aromatic heterocycles. The zero-order chi connectivity index (χ0) is 14.7. The minimum atomic E-state index is -0.165. The number of carbonyl (C=O) groups is 1. The van der Waals surface area contributed by atoms with Crippen LogP contribution in [0, 0.1) is 6.92 Å². The zero-order valence-electron chi connectivity index (χ0n) is 11.5. The number of nitrogens with two attached hydrogens (primary N) is 1. The number of carbonyl (C=O) groups excluding carboxylic acids is 1. The molecule has 1 amide bonds. The van der Waals surface area contributed by atoms with Crippen LogP contribution in [0.1, 0.15) is 34.5 Å². The Kier molecular flexibility index (Phi) is 4.30. The largest absolute Gasteiger partial charge is 0.398 e. The maximum atomic E-state index is 12.1. The monoisotopic (exact) mass is 288 g/mol. The highest BCUT2D eigenvalue weighted by Crippen LogP contribution is 2.20. The molecule has 0 fully saturated rings. The number of anilines is 1. The van der Waals surface area contributed by atoms with E-state index in [1.54, 1.807) is 18.2 Å². The van der Waals surface area contributed by atoms with E-state index < -0.39 is 0 Å². The summed E-state index contributed by atoms with van der Waals surface area (Å²) in [5, 5.41) is 3.39. The smallest absolute Gasteiger partial charge is 0.251 e. The van der Waals surface area contributed by atoms with Crippen LogP contribution in [0.2, 0.25) is 5.02 Å². The Morgan fingerprint density at radius 2 is 1.85 bits per heavy atom. The van der Waals surface area contributed by atoms with Gasteiger partial charge in [-0.3, -0.25) is 4.79 Å². The van der Waals surface area contributed by atoms with Crippen molar-refractivity contribution >= 4 is 23.2 Å². The fraction of sp³-hybridized carbons (Fsp3) is 0.188. The normalized spacial score (nSPS) is 11.9. The minimum Gasteiger partial charge on any atom is -0.398 e. The van der Waals surface area contributed by atoms with Gasteiger partial charge in [-0.1, -0.05) is 41.4 Å². The van der Waals surface area contributed by atoms with Crippen molar-refractivity contribution < 1.29 is 4.79 Å². The molecule has 0 radical (unpaired) electrons. The average molecular weight is 289 g/mol. The lowest BCUT2D eigenvalue weighted by Crippen LogP contribution is -2.26. The Labute approximate surface area is 123 Å². The van der Waals surface area contributed by atoms with Gasteiger partial charge in [0.05, 0.1) is 16.8 Å². The molecular weight excluding hydrogens is 272 g/mol. The van der Waals surface area contributed by atoms with Gasteiger partial charge in [-0.15, -0.1) is 0 Å². The lowest BCUT2D eigenvalue weighted by atomic mass is 10.1. The SMILES string of the molecule is Cc1ccc([C@H](C)NC(=O)c2ccc(Cl)c(N)c2)cc1. The summed E-state index contributed by atoms with van der Waals surface area (Å²) in [6.07, 6.45) is 0. The van der Waals surface area contributed by atoms with E-state index in [1.807, 2.05) is 38.1 Å². The molecule has 0 aliphatic heterocycles. The standard InChI is InChI=1S/C16H17ClN2O/c1-10-3-5-12(6-4-10)11(2)19-16(20)13-7-8-14(17)15(18)9-13/h3-9,11H,18H2,1-2H3,(H,19,20)/t11-/m0/s1. The molecule has 0 bridgehead atoms. The maximum Gasteiger partial charge on any atom is 0.251 e. The van der Waals surface area contributed by atoms with Crippen LogP contribution < -0.4 is 11.1 Å². The van der Waals surface area contributed by atoms with Gasteiger partial charge in [0.1, 0.15) is 0 Å². The van der Waals surface area contributed by atoms with E-state index in [9.17, 15) is 4.79 Å². The van der Waals surface area contributed by atoms with Gasteiger partial charge in [0.25, 0.3) is 5.91 Å². The summed E-state index contributed by atoms with van der Waals surface area (Å²) in [7, 11) is 0. The lowest BCUT2D eigenvalue weighted by Gasteiger charge is -2.15. The molecule has 0 aliphatic rings. The van der Waals surface area contributed by atoms with Crippen molar-refractivity contribution in [3.05, 3.63) is 64.2 Å². The molecular formula is C16H17ClN2O. The molecule has 0 unspecified atom stereocenters. The number of nitrogens with one attached hydrogen (secondary N) is 1. The Morgan fingerprint density at radius 1 is 1.20 bits per heavy atom. The number of hydrogen-bond acceptors (Lipinski definition) is 2. The highest BCUT2D eigenvalue weighted by atomic mass is 35.5. The Hall–Kier alpha value is -2.00. The fourth-order valence-electron chi connectivity index (χ4n) is 1.90. The van der Waals surface area contributed by atoms with E-state index in [4.69, 9.17) is 17.3 Å². The molecule has 0 spiro atoms. The van der Waals surface area contributed by atoms with Crippen LogP contribution in [0.3, 0.4) is 0 Å². The zero-order valence-corrected chi connectivity index (χ0v) is 12.2. The third kappa shape index (κ3) is 3.31. The summed E-state index contributed by atoms with van der Waals surface area (Å²) < 4.78 is 0. The summed E-state index contributed by atoms with van der Waals surface area (Å²) in [6, 6.07) is 12.9. The first-order valence-corrected chi connectivity index (χ1v) is 6.77. The van der Waals surface area contributed by atoms with Gasteiger partial charge >= 0.3 is 0 Å². The predicted molar refractivity (Wildman–Crippen MR) is 82.9 cm³/mol. The van der Waals surface area contributed by atoms with Gasteiger partial charge in [-0.05, 0) is 37.6 Å². The van der Waals surface area contributed by atoms with E-state index in [0.29, 0.717) is 16.3 Å². The molecule has 1 atom stereocenters. The molecule has 3 nitrogen and oxygen atoms in total. The van der Waals surface area contributed by atoms with Gasteiger partial charge in [0.2, 0.25) is 0 Å². The quantitative estimate of drug-likeness (QED) is 0.846. The summed E-state index contributed by atoms with van der Waals surface area (Å²) in [4.78, 5) is 12.1. The van der Waals surface area contributed by atoms with E-state index in [-0.39, 0.29) is 11.9 Å². The third-order valence-electron chi connectivity index (χ3n) is 3.18. The van der Waals surface area contributed by atoms with E-state index in [0.717, 1.165) is 5.56 Å². The first-order valence-electron chi connectivity index (χ1n) is 6.40. The van der Waals surface area contributed by atoms with Gasteiger partial charge in [0.15, 0.2) is 0 Å². The third-order valence-corrected chi connectivity index (χ3v) is 3.53. The number of nitrogen functional groups attached to an aromatic ring is 1. The van der Waals surface area contributed by atoms with Gasteiger partial charge in [0, 0.05) is 5.56 Å². The number of amides is 1. The topological polar surface area (TPSA) is 55.1 Å². The summed E-state index contributed by atoms with van der Waals surface area (Å²) in [5.41, 5.74) is 8.87. The van der Waals surface area contributed by atoms with Crippen molar-refractivity contribution in [1.82, 2.24) is 5.32 Å². The van der Waals surface area contributed by atoms with Crippen LogP contribution >= 0.6 is 11.6 Å². The van der Waals surface area contributed by atoms with Crippen molar-refractivity contribution in [1.29, 1.82) is 0 Å². The molecule has 0 saturated heterocycles. The lowest BCUT2D eigenvalue weighted by molar-refractivity contribution is 0.0940. The molecule has 3 N–H and O–H groups in total. The molecule has 0 heterocycles. The molecule has 0 saturated carbocycles. The Morgan fingerprint density at radius 3 is 2.45 bits per heavy atom. The van der Waals surface area contributed by atoms with E-state index >= 15 is 0 Å². The molecule has 2 aromatic carbocycles. The first kappa shape index (κ1) is 14.4. The van der Waals surface area contributed by atoms with Crippen LogP contribution in [-0.4, -0.2) is 5.91 Å². The van der Waals surface area contributed by atoms with Crippen LogP contribution in [0.4, 0.5) is 5.69 Å². The van der Waals surface area contributed by atoms with Crippen LogP contribution in [0.15, 0.2) is 42.5 Å². The number of halogens is 1. The van der Waals surface area contributed by atoms with Gasteiger partial charge < -0.3 is 11.1 Å². The second-order valence-electron chi connectivity index (χ2n) is 4.84. The van der Waals surface area contributed by atoms with Crippen molar-refractivity contribution in [2.75, 3.05) is 5.73 Å². The Balaban J connectivity index is 2.10. The summed E-state index contributed by atoms with van der Waals surface area (Å²) in [6.45, 7) is 3.98. The minimum absolute atomic E-state index is 0.0694. The maximum absolute atomic E-state index is 12.1. The van der Waals surface area contributed by atoms with Crippen LogP contribution in [-0.2, 0) is 0 Å². The van der Waals surface area contributed by atoms with Crippen molar-refractivity contribution in [3.8, 4) is 0 Å². The second-order valence-corrected chi connectivity index (χ2v) is 5.25. The average Bonchev–Trinajstić information content (AvgIpc) is 2.42. The number of aryl methyl sites for hydroxylation is 1. The molecule has 0 aliphatic carbocycles. The Bertz CT molecular complexity index is 623. The van der Waals surface area contributed by atoms with Crippen molar-refractivity contribution in [2.45, 2.75) is 19.9 Å². The highest BCUT2D eigenvalue weighted by molar-refractivity contribution is 6.33. The number of hydrogen-bond donors (Lipinski definition) is 2. The van der Waals surface area contributed by atoms with Crippen LogP contribution in [0.25, 0.3) is 0 Å². The van der Waals surface area contributed by atoms with Crippen LogP contribution in [0.5, 0.6) is 0 Å². The fourth-order valence-corrected chi connectivity index (χ4v) is 2.02. The predicted octanol–water partition coefficient (Wildman–Crippen LogP) is 3.72. The van der Waals surface area contributed by atoms with Crippen molar-refractivity contribution in [3.63, 3.8) is 0 Å². The summed E-state index contributed by atoms with van der Waals surface area (Å²) >= 11 is 5.85. The molecule has 104 valence electrons. The van der Waals surface area contributed by atoms with E-state index in [1.165, 1.54) is 5.56 Å². The number of rotatable bonds is 3. The second kappa shape index (κ2) is 5.97. The molecule has 20 heavy (non-hydrogen) atoms.